The molecule has 0 fully saturated rings. The number of nitrogens with zero attached hydrogens (tertiary/aromatic N) is 5. The molecule has 0 N–H and O–H groups in total. The van der Waals surface area contributed by atoms with Crippen molar-refractivity contribution in [1.29, 1.82) is 15.8 Å². The zero-order valence-corrected chi connectivity index (χ0v) is 26.9. The lowest BCUT2D eigenvalue weighted by atomic mass is 9.90. The molecule has 50 heavy (non-hydrogen) atoms. The first-order chi connectivity index (χ1) is 24.7. The summed E-state index contributed by atoms with van der Waals surface area (Å²) in [6.07, 6.45) is 3.35. The predicted octanol–water partition coefficient (Wildman–Crippen LogP) is 10.7. The molecule has 0 aliphatic heterocycles. The van der Waals surface area contributed by atoms with Crippen molar-refractivity contribution in [3.8, 4) is 51.8 Å². The lowest BCUT2D eigenvalue weighted by Crippen LogP contribution is -2.06. The van der Waals surface area contributed by atoms with Gasteiger partial charge in [0, 0.05) is 49.8 Å². The van der Waals surface area contributed by atoms with Crippen LogP contribution in [0, 0.1) is 34.0 Å². The Balaban J connectivity index is 1.28. The van der Waals surface area contributed by atoms with Gasteiger partial charge in [0.1, 0.15) is 0 Å². The van der Waals surface area contributed by atoms with E-state index in [4.69, 9.17) is 0 Å². The Morgan fingerprint density at radius 2 is 1.12 bits per heavy atom. The van der Waals surface area contributed by atoms with Crippen molar-refractivity contribution in [3.05, 3.63) is 161 Å². The van der Waals surface area contributed by atoms with Crippen molar-refractivity contribution in [2.24, 2.45) is 0 Å². The number of nitriles is 3. The molecule has 6 aromatic carbocycles. The number of aromatic nitrogens is 2. The standard InChI is InChI=1S/C45H27N5/c46-26-29-17-21-44-39(23-29)40-24-30(27-47)18-22-45(40)50(44)43-16-8-3-11-35(43)33-9-1-2-10-34(33)38-25-32(20-19-31(38)28-48)49-41-14-6-4-12-36(41)37-13-5-7-15-42(37)49/h1-17,19-21,23-25H,18,22H2. The Morgan fingerprint density at radius 3 is 1.82 bits per heavy atom. The van der Waals surface area contributed by atoms with Crippen LogP contribution in [-0.4, -0.2) is 9.13 Å². The van der Waals surface area contributed by atoms with Gasteiger partial charge in [-0.1, -0.05) is 78.9 Å². The van der Waals surface area contributed by atoms with Gasteiger partial charge in [0.15, 0.2) is 0 Å². The molecule has 0 unspecified atom stereocenters. The fourth-order valence-electron chi connectivity index (χ4n) is 7.75. The maximum atomic E-state index is 10.4. The van der Waals surface area contributed by atoms with E-state index in [-0.39, 0.29) is 0 Å². The quantitative estimate of drug-likeness (QED) is 0.193. The molecule has 2 aromatic heterocycles. The van der Waals surface area contributed by atoms with Crippen molar-refractivity contribution in [1.82, 2.24) is 9.13 Å². The van der Waals surface area contributed by atoms with Crippen LogP contribution in [0.25, 0.3) is 72.4 Å². The zero-order valence-electron chi connectivity index (χ0n) is 26.9. The van der Waals surface area contributed by atoms with Crippen molar-refractivity contribution in [3.63, 3.8) is 0 Å². The fourth-order valence-corrected chi connectivity index (χ4v) is 7.75. The first kappa shape index (κ1) is 29.0. The van der Waals surface area contributed by atoms with E-state index < -0.39 is 0 Å². The zero-order chi connectivity index (χ0) is 33.8. The normalized spacial score (nSPS) is 12.3. The summed E-state index contributed by atoms with van der Waals surface area (Å²) in [6, 6.07) is 52.6. The molecule has 0 saturated carbocycles. The second-order valence-corrected chi connectivity index (χ2v) is 12.6. The van der Waals surface area contributed by atoms with Crippen LogP contribution in [0.1, 0.15) is 28.8 Å². The van der Waals surface area contributed by atoms with Gasteiger partial charge >= 0.3 is 0 Å². The number of allylic oxidation sites excluding steroid dienone is 1. The molecule has 0 saturated heterocycles. The number of benzene rings is 6. The molecular weight excluding hydrogens is 611 g/mol. The third-order valence-electron chi connectivity index (χ3n) is 9.95. The van der Waals surface area contributed by atoms with E-state index in [1.54, 1.807) is 0 Å². The summed E-state index contributed by atoms with van der Waals surface area (Å²) >= 11 is 0. The number of para-hydroxylation sites is 3. The van der Waals surface area contributed by atoms with Crippen LogP contribution in [0.5, 0.6) is 0 Å². The van der Waals surface area contributed by atoms with E-state index in [0.29, 0.717) is 24.0 Å². The lowest BCUT2D eigenvalue weighted by Gasteiger charge is -2.20. The molecule has 0 atom stereocenters. The molecule has 9 rings (SSSR count). The molecule has 2 heterocycles. The first-order valence-electron chi connectivity index (χ1n) is 16.6. The maximum Gasteiger partial charge on any atom is 0.0998 e. The first-order valence-corrected chi connectivity index (χ1v) is 16.6. The number of hydrogen-bond donors (Lipinski definition) is 0. The van der Waals surface area contributed by atoms with Gasteiger partial charge in [-0.25, -0.2) is 0 Å². The summed E-state index contributed by atoms with van der Waals surface area (Å²) < 4.78 is 4.57. The highest BCUT2D eigenvalue weighted by Crippen LogP contribution is 2.42. The summed E-state index contributed by atoms with van der Waals surface area (Å²) in [4.78, 5) is 0. The molecule has 0 spiro atoms. The molecule has 0 bridgehead atoms. The van der Waals surface area contributed by atoms with Crippen LogP contribution in [-0.2, 0) is 6.42 Å². The smallest absolute Gasteiger partial charge is 0.0998 e. The maximum absolute atomic E-state index is 10.4. The average molecular weight is 638 g/mol. The highest BCUT2D eigenvalue weighted by Gasteiger charge is 2.24. The van der Waals surface area contributed by atoms with Crippen LogP contribution in [0.15, 0.2) is 139 Å². The minimum absolute atomic E-state index is 0.584. The van der Waals surface area contributed by atoms with Gasteiger partial charge in [0.2, 0.25) is 0 Å². The number of fused-ring (bicyclic) bond motifs is 6. The van der Waals surface area contributed by atoms with Crippen molar-refractivity contribution < 1.29 is 0 Å². The van der Waals surface area contributed by atoms with Crippen molar-refractivity contribution in [2.75, 3.05) is 0 Å². The minimum Gasteiger partial charge on any atom is -0.312 e. The molecule has 5 nitrogen and oxygen atoms in total. The summed E-state index contributed by atoms with van der Waals surface area (Å²) in [6.45, 7) is 0. The fraction of sp³-hybridized carbons (Fsp3) is 0.0444. The molecule has 8 aromatic rings. The largest absolute Gasteiger partial charge is 0.312 e. The van der Waals surface area contributed by atoms with E-state index in [2.05, 4.69) is 112 Å². The van der Waals surface area contributed by atoms with Crippen molar-refractivity contribution >= 4 is 38.8 Å². The highest BCUT2D eigenvalue weighted by atomic mass is 15.0. The summed E-state index contributed by atoms with van der Waals surface area (Å²) in [5.74, 6) is 0. The molecule has 0 radical (unpaired) electrons. The van der Waals surface area contributed by atoms with Gasteiger partial charge in [-0.3, -0.25) is 0 Å². The van der Waals surface area contributed by atoms with Gasteiger partial charge in [-0.2, -0.15) is 15.8 Å². The van der Waals surface area contributed by atoms with E-state index in [9.17, 15) is 15.8 Å². The van der Waals surface area contributed by atoms with E-state index in [0.717, 1.165) is 72.4 Å². The molecule has 5 heteroatoms. The van der Waals surface area contributed by atoms with Crippen LogP contribution >= 0.6 is 0 Å². The van der Waals surface area contributed by atoms with Gasteiger partial charge < -0.3 is 9.13 Å². The third kappa shape index (κ3) is 4.37. The van der Waals surface area contributed by atoms with Crippen molar-refractivity contribution in [2.45, 2.75) is 12.8 Å². The van der Waals surface area contributed by atoms with E-state index in [1.165, 1.54) is 10.8 Å². The Morgan fingerprint density at radius 1 is 0.480 bits per heavy atom. The summed E-state index contributed by atoms with van der Waals surface area (Å²) in [5.41, 5.74) is 13.1. The lowest BCUT2D eigenvalue weighted by molar-refractivity contribution is 0.872. The third-order valence-corrected chi connectivity index (χ3v) is 9.95. The van der Waals surface area contributed by atoms with E-state index >= 15 is 0 Å². The van der Waals surface area contributed by atoms with Crippen LogP contribution < -0.4 is 0 Å². The average Bonchev–Trinajstić information content (AvgIpc) is 3.69. The highest BCUT2D eigenvalue weighted by molar-refractivity contribution is 6.09. The Hall–Kier alpha value is -7.13. The Kier molecular flexibility index (Phi) is 6.70. The molecule has 0 amide bonds. The second-order valence-electron chi connectivity index (χ2n) is 12.6. The molecular formula is C45H27N5. The minimum atomic E-state index is 0.584. The number of hydrogen-bond acceptors (Lipinski definition) is 3. The summed E-state index contributed by atoms with van der Waals surface area (Å²) in [7, 11) is 0. The van der Waals surface area contributed by atoms with Gasteiger partial charge in [0.05, 0.1) is 51.6 Å². The van der Waals surface area contributed by atoms with Gasteiger partial charge in [-0.15, -0.1) is 0 Å². The molecule has 1 aliphatic carbocycles. The van der Waals surface area contributed by atoms with Gasteiger partial charge in [-0.05, 0) is 84.6 Å². The van der Waals surface area contributed by atoms with Gasteiger partial charge in [0.25, 0.3) is 0 Å². The van der Waals surface area contributed by atoms with Crippen LogP contribution in [0.2, 0.25) is 0 Å². The molecule has 1 aliphatic rings. The van der Waals surface area contributed by atoms with Crippen LogP contribution in [0.4, 0.5) is 0 Å². The molecule has 232 valence electrons. The Bertz CT molecular complexity index is 2810. The Labute approximate surface area is 289 Å². The van der Waals surface area contributed by atoms with Crippen LogP contribution in [0.3, 0.4) is 0 Å². The monoisotopic (exact) mass is 637 g/mol. The van der Waals surface area contributed by atoms with E-state index in [1.807, 2.05) is 54.6 Å². The topological polar surface area (TPSA) is 81.2 Å². The summed E-state index contributed by atoms with van der Waals surface area (Å²) in [5, 5.41) is 33.3. The SMILES string of the molecule is N#CC1=Cc2c(n(-c3ccccc3-c3ccccc3-c3cc(-n4c5ccccc5c5ccccc54)ccc3C#N)c3ccc(C#N)cc23)CC1. The second kappa shape index (κ2) is 11.5. The number of rotatable bonds is 4. The predicted molar refractivity (Wildman–Crippen MR) is 200 cm³/mol.